The van der Waals surface area contributed by atoms with Crippen molar-refractivity contribution < 1.29 is 19.1 Å². The van der Waals surface area contributed by atoms with Gasteiger partial charge in [-0.15, -0.1) is 0 Å². The van der Waals surface area contributed by atoms with Crippen molar-refractivity contribution in [2.45, 2.75) is 109 Å². The van der Waals surface area contributed by atoms with Crippen molar-refractivity contribution in [1.29, 1.82) is 0 Å². The third-order valence-corrected chi connectivity index (χ3v) is 5.16. The van der Waals surface area contributed by atoms with E-state index in [1.165, 1.54) is 83.5 Å². The predicted molar refractivity (Wildman–Crippen MR) is 124 cm³/mol. The molecule has 0 aromatic heterocycles. The summed E-state index contributed by atoms with van der Waals surface area (Å²) >= 11 is 0. The van der Waals surface area contributed by atoms with Crippen LogP contribution in [0.15, 0.2) is 12.2 Å². The molecule has 0 aliphatic heterocycles. The van der Waals surface area contributed by atoms with Gasteiger partial charge in [-0.05, 0) is 32.1 Å². The summed E-state index contributed by atoms with van der Waals surface area (Å²) in [5.41, 5.74) is 0. The lowest BCUT2D eigenvalue weighted by molar-refractivity contribution is -0.873. The maximum Gasteiger partial charge on any atom is 0.306 e. The zero-order chi connectivity index (χ0) is 21.8. The van der Waals surface area contributed by atoms with Crippen molar-refractivity contribution in [1.82, 2.24) is 0 Å². The average Bonchev–Trinajstić information content (AvgIpc) is 2.62. The van der Waals surface area contributed by atoms with Crippen LogP contribution in [-0.2, 0) is 9.53 Å². The lowest BCUT2D eigenvalue weighted by atomic mass is 10.1. The number of carboxylic acid groups (broad SMARTS) is 1. The minimum atomic E-state index is -0.774. The van der Waals surface area contributed by atoms with Crippen LogP contribution in [0.5, 0.6) is 0 Å². The molecule has 0 saturated heterocycles. The second-order valence-corrected chi connectivity index (χ2v) is 9.50. The van der Waals surface area contributed by atoms with Gasteiger partial charge in [0.1, 0.15) is 12.6 Å². The smallest absolute Gasteiger partial charge is 0.306 e. The first-order chi connectivity index (χ1) is 13.8. The first-order valence-corrected chi connectivity index (χ1v) is 12.1. The van der Waals surface area contributed by atoms with Crippen LogP contribution in [0.25, 0.3) is 0 Å². The number of carboxylic acids is 1. The second kappa shape index (κ2) is 19.1. The largest absolute Gasteiger partial charge is 0.481 e. The monoisotopic (exact) mass is 412 g/mol. The summed E-state index contributed by atoms with van der Waals surface area (Å²) < 4.78 is 6.57. The van der Waals surface area contributed by atoms with E-state index in [1.807, 2.05) is 0 Å². The highest BCUT2D eigenvalue weighted by atomic mass is 16.5. The van der Waals surface area contributed by atoms with Gasteiger partial charge in [0.05, 0.1) is 27.6 Å². The molecule has 0 aromatic rings. The van der Waals surface area contributed by atoms with Crippen molar-refractivity contribution in [3.05, 3.63) is 12.2 Å². The number of hydrogen-bond donors (Lipinski definition) is 1. The summed E-state index contributed by atoms with van der Waals surface area (Å²) in [5.74, 6) is -0.774. The Morgan fingerprint density at radius 2 is 1.31 bits per heavy atom. The van der Waals surface area contributed by atoms with E-state index in [-0.39, 0.29) is 12.5 Å². The maximum absolute atomic E-state index is 11.0. The van der Waals surface area contributed by atoms with E-state index in [1.54, 1.807) is 0 Å². The first kappa shape index (κ1) is 28.1. The van der Waals surface area contributed by atoms with E-state index in [0.29, 0.717) is 6.61 Å². The third-order valence-electron chi connectivity index (χ3n) is 5.16. The van der Waals surface area contributed by atoms with E-state index in [9.17, 15) is 4.79 Å². The number of unbranched alkanes of at least 4 members (excludes halogenated alkanes) is 12. The highest BCUT2D eigenvalue weighted by Crippen LogP contribution is 2.11. The molecule has 0 spiro atoms. The Labute approximate surface area is 181 Å². The molecule has 0 bridgehead atoms. The number of allylic oxidation sites excluding steroid dienone is 2. The van der Waals surface area contributed by atoms with Gasteiger partial charge in [0.25, 0.3) is 0 Å². The second-order valence-electron chi connectivity index (χ2n) is 9.50. The van der Waals surface area contributed by atoms with Gasteiger partial charge in [-0.1, -0.05) is 76.9 Å². The molecule has 172 valence electrons. The molecule has 29 heavy (non-hydrogen) atoms. The SMILES string of the molecule is CCCCCCCCC=CCCCCCCCCOC(CC(=O)O)C[N+](C)(C)C. The number of aliphatic carboxylic acids is 1. The summed E-state index contributed by atoms with van der Waals surface area (Å²) in [7, 11) is 6.21. The molecule has 1 atom stereocenters. The summed E-state index contributed by atoms with van der Waals surface area (Å²) in [6, 6.07) is 0. The van der Waals surface area contributed by atoms with Gasteiger partial charge in [-0.3, -0.25) is 4.79 Å². The molecule has 0 aromatic carbocycles. The zero-order valence-electron chi connectivity index (χ0n) is 20.0. The molecule has 0 heterocycles. The maximum atomic E-state index is 11.0. The molecule has 4 heteroatoms. The quantitative estimate of drug-likeness (QED) is 0.131. The number of ether oxygens (including phenoxy) is 1. The number of likely N-dealkylation sites (N-methyl/N-ethyl adjacent to an activating group) is 1. The molecule has 0 radical (unpaired) electrons. The van der Waals surface area contributed by atoms with Crippen molar-refractivity contribution in [2.24, 2.45) is 0 Å². The van der Waals surface area contributed by atoms with Crippen LogP contribution in [0.3, 0.4) is 0 Å². The van der Waals surface area contributed by atoms with Crippen LogP contribution in [-0.4, -0.2) is 56.0 Å². The number of hydrogen-bond acceptors (Lipinski definition) is 2. The van der Waals surface area contributed by atoms with Crippen LogP contribution in [0, 0.1) is 0 Å². The first-order valence-electron chi connectivity index (χ1n) is 12.1. The van der Waals surface area contributed by atoms with Crippen molar-refractivity contribution in [3.8, 4) is 0 Å². The zero-order valence-corrected chi connectivity index (χ0v) is 20.0. The van der Waals surface area contributed by atoms with Gasteiger partial charge in [0, 0.05) is 6.61 Å². The number of rotatable bonds is 21. The number of carbonyl (C=O) groups is 1. The highest BCUT2D eigenvalue weighted by molar-refractivity contribution is 5.67. The van der Waals surface area contributed by atoms with Gasteiger partial charge in [-0.2, -0.15) is 0 Å². The average molecular weight is 413 g/mol. The predicted octanol–water partition coefficient (Wildman–Crippen LogP) is 6.59. The Bertz CT molecular complexity index is 401. The van der Waals surface area contributed by atoms with Crippen molar-refractivity contribution >= 4 is 5.97 Å². The Balaban J connectivity index is 3.47. The normalized spacial score (nSPS) is 13.2. The Morgan fingerprint density at radius 1 is 0.828 bits per heavy atom. The molecule has 1 unspecified atom stereocenters. The van der Waals surface area contributed by atoms with Gasteiger partial charge in [-0.25, -0.2) is 0 Å². The van der Waals surface area contributed by atoms with Gasteiger partial charge in [0.15, 0.2) is 0 Å². The molecule has 1 N–H and O–H groups in total. The van der Waals surface area contributed by atoms with E-state index >= 15 is 0 Å². The lowest BCUT2D eigenvalue weighted by Gasteiger charge is -2.28. The van der Waals surface area contributed by atoms with Crippen molar-refractivity contribution in [2.75, 3.05) is 34.3 Å². The van der Waals surface area contributed by atoms with Crippen LogP contribution in [0.2, 0.25) is 0 Å². The summed E-state index contributed by atoms with van der Waals surface area (Å²) in [4.78, 5) is 11.0. The van der Waals surface area contributed by atoms with Gasteiger partial charge >= 0.3 is 5.97 Å². The topological polar surface area (TPSA) is 46.5 Å². The molecular formula is C25H50NO3+. The standard InChI is InChI=1S/C25H49NO3/c1-5-6-7-8-9-10-11-12-13-14-15-16-17-18-19-20-21-29-24(22-25(27)28)23-26(2,3)4/h12-13,24H,5-11,14-23H2,1-4H3/p+1. The van der Waals surface area contributed by atoms with E-state index in [2.05, 4.69) is 40.2 Å². The summed E-state index contributed by atoms with van der Waals surface area (Å²) in [6.45, 7) is 3.68. The molecule has 0 saturated carbocycles. The van der Waals surface area contributed by atoms with Crippen LogP contribution in [0.4, 0.5) is 0 Å². The minimum Gasteiger partial charge on any atom is -0.481 e. The van der Waals surface area contributed by atoms with Crippen LogP contribution < -0.4 is 0 Å². The Kier molecular flexibility index (Phi) is 18.5. The van der Waals surface area contributed by atoms with E-state index in [0.717, 1.165) is 17.4 Å². The Morgan fingerprint density at radius 3 is 1.79 bits per heavy atom. The van der Waals surface area contributed by atoms with Crippen molar-refractivity contribution in [3.63, 3.8) is 0 Å². The summed E-state index contributed by atoms with van der Waals surface area (Å²) in [6.07, 6.45) is 22.8. The Hall–Kier alpha value is -0.870. The molecule has 0 aliphatic carbocycles. The molecule has 0 fully saturated rings. The highest BCUT2D eigenvalue weighted by Gasteiger charge is 2.21. The van der Waals surface area contributed by atoms with E-state index < -0.39 is 5.97 Å². The third kappa shape index (κ3) is 23.3. The van der Waals surface area contributed by atoms with Gasteiger partial charge < -0.3 is 14.3 Å². The van der Waals surface area contributed by atoms with Crippen LogP contribution >= 0.6 is 0 Å². The fraction of sp³-hybridized carbons (Fsp3) is 0.880. The number of nitrogens with zero attached hydrogens (tertiary/aromatic N) is 1. The van der Waals surface area contributed by atoms with E-state index in [4.69, 9.17) is 9.84 Å². The fourth-order valence-electron chi connectivity index (χ4n) is 3.58. The molecule has 0 amide bonds. The minimum absolute atomic E-state index is 0.0991. The molecule has 4 nitrogen and oxygen atoms in total. The van der Waals surface area contributed by atoms with Crippen LogP contribution in [0.1, 0.15) is 103 Å². The number of quaternary nitrogens is 1. The van der Waals surface area contributed by atoms with Gasteiger partial charge in [0.2, 0.25) is 0 Å². The molecule has 0 aliphatic rings. The lowest BCUT2D eigenvalue weighted by Crippen LogP contribution is -2.43. The molecular weight excluding hydrogens is 362 g/mol. The summed E-state index contributed by atoms with van der Waals surface area (Å²) in [5, 5.41) is 9.03. The fourth-order valence-corrected chi connectivity index (χ4v) is 3.58. The molecule has 0 rings (SSSR count).